The SMILES string of the molecule is O=C(c1ccccc1)c1ccc(N=NSc2ccccc2)cc1. The lowest BCUT2D eigenvalue weighted by molar-refractivity contribution is 0.103. The number of benzene rings is 3. The molecule has 112 valence electrons. The Kier molecular flexibility index (Phi) is 4.96. The van der Waals surface area contributed by atoms with E-state index in [4.69, 9.17) is 0 Å². The Labute approximate surface area is 139 Å². The second-order valence-corrected chi connectivity index (χ2v) is 5.65. The van der Waals surface area contributed by atoms with Gasteiger partial charge in [0.05, 0.1) is 5.69 Å². The average Bonchev–Trinajstić information content (AvgIpc) is 2.63. The monoisotopic (exact) mass is 318 g/mol. The molecule has 0 unspecified atom stereocenters. The first-order valence-electron chi connectivity index (χ1n) is 7.16. The van der Waals surface area contributed by atoms with Crippen molar-refractivity contribution in [2.45, 2.75) is 4.90 Å². The Morgan fingerprint density at radius 3 is 1.91 bits per heavy atom. The molecule has 0 amide bonds. The van der Waals surface area contributed by atoms with Crippen LogP contribution in [-0.2, 0) is 0 Å². The summed E-state index contributed by atoms with van der Waals surface area (Å²) < 4.78 is 4.10. The number of carbonyl (C=O) groups excluding carboxylic acids is 1. The van der Waals surface area contributed by atoms with E-state index in [9.17, 15) is 4.79 Å². The molecule has 0 fully saturated rings. The zero-order chi connectivity index (χ0) is 15.9. The Balaban J connectivity index is 1.66. The van der Waals surface area contributed by atoms with Crippen molar-refractivity contribution in [3.8, 4) is 0 Å². The molecule has 23 heavy (non-hydrogen) atoms. The summed E-state index contributed by atoms with van der Waals surface area (Å²) in [5.41, 5.74) is 2.05. The zero-order valence-corrected chi connectivity index (χ0v) is 13.1. The van der Waals surface area contributed by atoms with Crippen LogP contribution in [0.15, 0.2) is 99.5 Å². The minimum Gasteiger partial charge on any atom is -0.289 e. The molecule has 0 saturated carbocycles. The van der Waals surface area contributed by atoms with Gasteiger partial charge in [-0.05, 0) is 36.4 Å². The van der Waals surface area contributed by atoms with E-state index in [-0.39, 0.29) is 5.78 Å². The Hall–Kier alpha value is -2.72. The van der Waals surface area contributed by atoms with Crippen molar-refractivity contribution < 1.29 is 4.79 Å². The molecule has 4 heteroatoms. The van der Waals surface area contributed by atoms with Crippen LogP contribution in [-0.4, -0.2) is 5.78 Å². The van der Waals surface area contributed by atoms with E-state index < -0.39 is 0 Å². The molecule has 3 nitrogen and oxygen atoms in total. The fourth-order valence-corrected chi connectivity index (χ4v) is 2.54. The summed E-state index contributed by atoms with van der Waals surface area (Å²) in [4.78, 5) is 13.3. The third kappa shape index (κ3) is 4.14. The molecular weight excluding hydrogens is 304 g/mol. The predicted molar refractivity (Wildman–Crippen MR) is 93.1 cm³/mol. The van der Waals surface area contributed by atoms with E-state index in [1.54, 1.807) is 24.3 Å². The van der Waals surface area contributed by atoms with Crippen LogP contribution in [0.25, 0.3) is 0 Å². The van der Waals surface area contributed by atoms with Crippen LogP contribution in [0.5, 0.6) is 0 Å². The normalized spacial score (nSPS) is 10.8. The minimum atomic E-state index is 0.00718. The van der Waals surface area contributed by atoms with Crippen LogP contribution in [0.4, 0.5) is 5.69 Å². The summed E-state index contributed by atoms with van der Waals surface area (Å²) in [7, 11) is 0. The van der Waals surface area contributed by atoms with E-state index in [0.29, 0.717) is 11.1 Å². The summed E-state index contributed by atoms with van der Waals surface area (Å²) >= 11 is 1.31. The summed E-state index contributed by atoms with van der Waals surface area (Å²) in [6, 6.07) is 26.2. The first-order valence-corrected chi connectivity index (χ1v) is 7.93. The second kappa shape index (κ2) is 7.51. The molecule has 0 spiro atoms. The molecule has 3 aromatic rings. The smallest absolute Gasteiger partial charge is 0.193 e. The van der Waals surface area contributed by atoms with E-state index in [0.717, 1.165) is 10.6 Å². The first kappa shape index (κ1) is 15.2. The minimum absolute atomic E-state index is 0.00718. The van der Waals surface area contributed by atoms with Gasteiger partial charge in [0, 0.05) is 28.0 Å². The molecule has 0 saturated heterocycles. The summed E-state index contributed by atoms with van der Waals surface area (Å²) in [6.07, 6.45) is 0. The van der Waals surface area contributed by atoms with Gasteiger partial charge in [-0.3, -0.25) is 4.79 Å². The molecule has 3 aromatic carbocycles. The number of ketones is 1. The molecular formula is C19H14N2OS. The van der Waals surface area contributed by atoms with Crippen molar-refractivity contribution in [1.82, 2.24) is 0 Å². The Morgan fingerprint density at radius 2 is 1.26 bits per heavy atom. The molecule has 0 aliphatic carbocycles. The molecule has 0 atom stereocenters. The molecule has 3 rings (SSSR count). The Bertz CT molecular complexity index is 800. The van der Waals surface area contributed by atoms with Crippen molar-refractivity contribution in [3.63, 3.8) is 0 Å². The molecule has 0 aliphatic heterocycles. The maximum absolute atomic E-state index is 12.3. The van der Waals surface area contributed by atoms with Gasteiger partial charge in [-0.1, -0.05) is 48.5 Å². The van der Waals surface area contributed by atoms with Crippen LogP contribution in [0.2, 0.25) is 0 Å². The lowest BCUT2D eigenvalue weighted by Crippen LogP contribution is -1.99. The molecule has 0 heterocycles. The lowest BCUT2D eigenvalue weighted by Gasteiger charge is -2.01. The van der Waals surface area contributed by atoms with Crippen molar-refractivity contribution in [2.24, 2.45) is 9.63 Å². The highest BCUT2D eigenvalue weighted by Crippen LogP contribution is 2.22. The number of nitrogens with zero attached hydrogens (tertiary/aromatic N) is 2. The lowest BCUT2D eigenvalue weighted by atomic mass is 10.0. The van der Waals surface area contributed by atoms with Gasteiger partial charge in [0.15, 0.2) is 5.78 Å². The number of rotatable bonds is 5. The van der Waals surface area contributed by atoms with Crippen molar-refractivity contribution in [3.05, 3.63) is 96.1 Å². The second-order valence-electron chi connectivity index (χ2n) is 4.83. The van der Waals surface area contributed by atoms with E-state index >= 15 is 0 Å². The maximum Gasteiger partial charge on any atom is 0.193 e. The summed E-state index contributed by atoms with van der Waals surface area (Å²) in [5.74, 6) is 0.00718. The highest BCUT2D eigenvalue weighted by Gasteiger charge is 2.07. The first-order chi connectivity index (χ1) is 11.3. The third-order valence-electron chi connectivity index (χ3n) is 3.21. The number of hydrogen-bond donors (Lipinski definition) is 0. The van der Waals surface area contributed by atoms with Gasteiger partial charge < -0.3 is 0 Å². The fraction of sp³-hybridized carbons (Fsp3) is 0. The topological polar surface area (TPSA) is 41.8 Å². The predicted octanol–water partition coefficient (Wildman–Crippen LogP) is 5.71. The zero-order valence-electron chi connectivity index (χ0n) is 12.3. The van der Waals surface area contributed by atoms with Gasteiger partial charge in [0.25, 0.3) is 0 Å². The summed E-state index contributed by atoms with van der Waals surface area (Å²) in [6.45, 7) is 0. The molecule has 0 bridgehead atoms. The van der Waals surface area contributed by atoms with Crippen molar-refractivity contribution in [1.29, 1.82) is 0 Å². The molecule has 0 aliphatic rings. The third-order valence-corrected chi connectivity index (χ3v) is 3.86. The van der Waals surface area contributed by atoms with Crippen LogP contribution < -0.4 is 0 Å². The number of hydrogen-bond acceptors (Lipinski definition) is 4. The van der Waals surface area contributed by atoms with Gasteiger partial charge in [-0.15, -0.1) is 9.63 Å². The van der Waals surface area contributed by atoms with Gasteiger partial charge in [-0.25, -0.2) is 0 Å². The maximum atomic E-state index is 12.3. The van der Waals surface area contributed by atoms with Crippen LogP contribution in [0.3, 0.4) is 0 Å². The number of carbonyl (C=O) groups is 1. The summed E-state index contributed by atoms with van der Waals surface area (Å²) in [5, 5.41) is 4.15. The molecule has 0 N–H and O–H groups in total. The van der Waals surface area contributed by atoms with Gasteiger partial charge in [0.2, 0.25) is 0 Å². The van der Waals surface area contributed by atoms with Crippen LogP contribution in [0.1, 0.15) is 15.9 Å². The van der Waals surface area contributed by atoms with Crippen LogP contribution in [0, 0.1) is 0 Å². The van der Waals surface area contributed by atoms with Crippen molar-refractivity contribution in [2.75, 3.05) is 0 Å². The van der Waals surface area contributed by atoms with Crippen LogP contribution >= 0.6 is 11.9 Å². The quantitative estimate of drug-likeness (QED) is 0.343. The van der Waals surface area contributed by atoms with E-state index in [2.05, 4.69) is 9.63 Å². The Morgan fingerprint density at radius 1 is 0.696 bits per heavy atom. The highest BCUT2D eigenvalue weighted by atomic mass is 32.2. The molecule has 0 radical (unpaired) electrons. The largest absolute Gasteiger partial charge is 0.289 e. The highest BCUT2D eigenvalue weighted by molar-refractivity contribution is 7.97. The van der Waals surface area contributed by atoms with Crippen molar-refractivity contribution >= 4 is 23.4 Å². The van der Waals surface area contributed by atoms with E-state index in [1.165, 1.54) is 11.9 Å². The average molecular weight is 318 g/mol. The van der Waals surface area contributed by atoms with E-state index in [1.807, 2.05) is 60.7 Å². The fourth-order valence-electron chi connectivity index (χ4n) is 2.03. The van der Waals surface area contributed by atoms with Gasteiger partial charge >= 0.3 is 0 Å². The molecule has 0 aromatic heterocycles. The van der Waals surface area contributed by atoms with Gasteiger partial charge in [-0.2, -0.15) is 0 Å². The van der Waals surface area contributed by atoms with Gasteiger partial charge in [0.1, 0.15) is 0 Å². The standard InChI is InChI=1S/C19H14N2OS/c22-19(15-7-3-1-4-8-15)16-11-13-17(14-12-16)20-21-23-18-9-5-2-6-10-18/h1-14H.